The first-order valence-electron chi connectivity index (χ1n) is 10.5. The Bertz CT molecular complexity index is 276. The van der Waals surface area contributed by atoms with E-state index in [-0.39, 0.29) is 0 Å². The van der Waals surface area contributed by atoms with Gasteiger partial charge >= 0.3 is 8.80 Å². The first kappa shape index (κ1) is 26.7. The molecule has 0 aliphatic carbocycles. The average Bonchev–Trinajstić information content (AvgIpc) is 2.69. The summed E-state index contributed by atoms with van der Waals surface area (Å²) in [5.41, 5.74) is 1.75. The van der Waals surface area contributed by atoms with Crippen LogP contribution in [-0.2, 0) is 27.5 Å². The highest BCUT2D eigenvalue weighted by Crippen LogP contribution is 2.14. The molecule has 0 saturated carbocycles. The minimum Gasteiger partial charge on any atom is -0.382 e. The van der Waals surface area contributed by atoms with Gasteiger partial charge in [-0.1, -0.05) is 6.58 Å². The molecule has 0 spiro atoms. The molecule has 27 heavy (non-hydrogen) atoms. The lowest BCUT2D eigenvalue weighted by Gasteiger charge is -2.27. The second-order valence-electron chi connectivity index (χ2n) is 6.07. The normalized spacial score (nSPS) is 11.8. The third-order valence-corrected chi connectivity index (χ3v) is 6.14. The lowest BCUT2D eigenvalue weighted by Crippen LogP contribution is -2.45. The Morgan fingerprint density at radius 3 is 1.11 bits per heavy atom. The lowest BCUT2D eigenvalue weighted by molar-refractivity contribution is 0.0591. The summed E-state index contributed by atoms with van der Waals surface area (Å²) in [7, 11) is -2.83. The smallest absolute Gasteiger partial charge is 0.382 e. The molecule has 0 aromatic rings. The van der Waals surface area contributed by atoms with Crippen molar-refractivity contribution < 1.29 is 27.5 Å². The molecule has 0 bridgehead atoms. The molecule has 7 heteroatoms. The van der Waals surface area contributed by atoms with Gasteiger partial charge in [-0.3, -0.25) is 0 Å². The van der Waals surface area contributed by atoms with Crippen molar-refractivity contribution in [3.63, 3.8) is 0 Å². The van der Waals surface area contributed by atoms with E-state index in [1.165, 1.54) is 0 Å². The molecule has 0 atom stereocenters. The maximum absolute atomic E-state index is 6.07. The van der Waals surface area contributed by atoms with Crippen LogP contribution in [0.5, 0.6) is 0 Å². The van der Waals surface area contributed by atoms with Gasteiger partial charge in [0.05, 0.1) is 0 Å². The van der Waals surface area contributed by atoms with Crippen LogP contribution in [0.2, 0.25) is 0 Å². The molecule has 0 amide bonds. The van der Waals surface area contributed by atoms with Gasteiger partial charge in [0.2, 0.25) is 0 Å². The van der Waals surface area contributed by atoms with Crippen molar-refractivity contribution in [3.05, 3.63) is 12.3 Å². The van der Waals surface area contributed by atoms with Crippen molar-refractivity contribution in [3.8, 4) is 0 Å². The van der Waals surface area contributed by atoms with Crippen molar-refractivity contribution in [2.45, 2.75) is 59.3 Å². The van der Waals surface area contributed by atoms with Gasteiger partial charge < -0.3 is 27.5 Å². The molecule has 0 unspecified atom stereocenters. The van der Waals surface area contributed by atoms with Gasteiger partial charge in [0, 0.05) is 59.5 Å². The Balaban J connectivity index is 4.25. The summed E-state index contributed by atoms with van der Waals surface area (Å²) in [6, 6.07) is 0. The molecule has 162 valence electrons. The maximum Gasteiger partial charge on any atom is 0.529 e. The van der Waals surface area contributed by atoms with Crippen LogP contribution < -0.4 is 0 Å². The summed E-state index contributed by atoms with van der Waals surface area (Å²) in [5, 5.41) is 0. The Morgan fingerprint density at radius 2 is 0.852 bits per heavy atom. The fourth-order valence-electron chi connectivity index (χ4n) is 2.30. The SMILES string of the molecule is C=C[Si](OCCCCOCC)(OCCCCOCC)OCCCCOCC. The van der Waals surface area contributed by atoms with Crippen LogP contribution in [0.4, 0.5) is 0 Å². The first-order chi connectivity index (χ1) is 13.2. The third-order valence-electron chi connectivity index (χ3n) is 3.82. The van der Waals surface area contributed by atoms with E-state index in [0.29, 0.717) is 19.8 Å². The highest BCUT2D eigenvalue weighted by Gasteiger charge is 2.37. The molecular formula is C20H42O6Si. The molecule has 0 heterocycles. The van der Waals surface area contributed by atoms with Crippen LogP contribution in [0.15, 0.2) is 12.3 Å². The zero-order valence-corrected chi connectivity index (χ0v) is 18.8. The molecule has 0 N–H and O–H groups in total. The molecule has 6 nitrogen and oxygen atoms in total. The molecule has 0 aromatic carbocycles. The Morgan fingerprint density at radius 1 is 0.556 bits per heavy atom. The number of hydrogen-bond donors (Lipinski definition) is 0. The van der Waals surface area contributed by atoms with Gasteiger partial charge in [-0.05, 0) is 65.0 Å². The second kappa shape index (κ2) is 20.5. The van der Waals surface area contributed by atoms with Crippen molar-refractivity contribution in [2.75, 3.05) is 59.5 Å². The minimum absolute atomic E-state index is 0.600. The topological polar surface area (TPSA) is 55.4 Å². The van der Waals surface area contributed by atoms with Gasteiger partial charge in [-0.15, -0.1) is 0 Å². The predicted octanol–water partition coefficient (Wildman–Crippen LogP) is 4.15. The molecule has 0 aliphatic rings. The minimum atomic E-state index is -2.83. The summed E-state index contributed by atoms with van der Waals surface area (Å²) in [4.78, 5) is 0. The standard InChI is InChI=1S/C20H42O6Si/c1-5-21-15-9-12-18-24-27(8-4,25-19-13-10-16-22-6-2)26-20-14-11-17-23-7-3/h8H,4-7,9-20H2,1-3H3. The number of ether oxygens (including phenoxy) is 3. The zero-order chi connectivity index (χ0) is 20.1. The summed E-state index contributed by atoms with van der Waals surface area (Å²) < 4.78 is 34.3. The Kier molecular flexibility index (Phi) is 20.2. The fourth-order valence-corrected chi connectivity index (χ4v) is 4.19. The highest BCUT2D eigenvalue weighted by molar-refractivity contribution is 6.66. The van der Waals surface area contributed by atoms with Gasteiger partial charge in [-0.2, -0.15) is 0 Å². The summed E-state index contributed by atoms with van der Waals surface area (Å²) >= 11 is 0. The van der Waals surface area contributed by atoms with Gasteiger partial charge in [0.1, 0.15) is 0 Å². The highest BCUT2D eigenvalue weighted by atomic mass is 28.4. The Hall–Kier alpha value is -0.283. The van der Waals surface area contributed by atoms with E-state index in [1.807, 2.05) is 20.8 Å². The van der Waals surface area contributed by atoms with Crippen molar-refractivity contribution in [1.29, 1.82) is 0 Å². The van der Waals surface area contributed by atoms with Crippen LogP contribution in [0.3, 0.4) is 0 Å². The van der Waals surface area contributed by atoms with Crippen molar-refractivity contribution in [2.24, 2.45) is 0 Å². The fraction of sp³-hybridized carbons (Fsp3) is 0.900. The van der Waals surface area contributed by atoms with E-state index in [4.69, 9.17) is 27.5 Å². The monoisotopic (exact) mass is 406 g/mol. The largest absolute Gasteiger partial charge is 0.529 e. The van der Waals surface area contributed by atoms with E-state index in [9.17, 15) is 0 Å². The van der Waals surface area contributed by atoms with E-state index in [0.717, 1.165) is 78.2 Å². The first-order valence-corrected chi connectivity index (χ1v) is 12.3. The summed E-state index contributed by atoms with van der Waals surface area (Å²) in [5.74, 6) is 0. The molecule has 0 aromatic heterocycles. The molecule has 0 aliphatic heterocycles. The summed E-state index contributed by atoms with van der Waals surface area (Å²) in [6.45, 7) is 16.3. The lowest BCUT2D eigenvalue weighted by atomic mass is 10.3. The van der Waals surface area contributed by atoms with E-state index < -0.39 is 8.80 Å². The van der Waals surface area contributed by atoms with Crippen LogP contribution in [0.1, 0.15) is 59.3 Å². The molecule has 0 fully saturated rings. The number of unbranched alkanes of at least 4 members (excludes halogenated alkanes) is 3. The molecular weight excluding hydrogens is 364 g/mol. The predicted molar refractivity (Wildman–Crippen MR) is 111 cm³/mol. The van der Waals surface area contributed by atoms with Crippen molar-refractivity contribution in [1.82, 2.24) is 0 Å². The number of hydrogen-bond acceptors (Lipinski definition) is 6. The van der Waals surface area contributed by atoms with Crippen LogP contribution in [-0.4, -0.2) is 68.3 Å². The maximum atomic E-state index is 6.07. The van der Waals surface area contributed by atoms with Crippen LogP contribution >= 0.6 is 0 Å². The average molecular weight is 407 g/mol. The number of rotatable bonds is 22. The van der Waals surface area contributed by atoms with Gasteiger partial charge in [0.15, 0.2) is 0 Å². The van der Waals surface area contributed by atoms with Crippen LogP contribution in [0, 0.1) is 0 Å². The zero-order valence-electron chi connectivity index (χ0n) is 17.8. The Labute approximate surface area is 167 Å². The quantitative estimate of drug-likeness (QED) is 0.199. The van der Waals surface area contributed by atoms with Gasteiger partial charge in [-0.25, -0.2) is 0 Å². The third kappa shape index (κ3) is 16.4. The molecule has 0 radical (unpaired) electrons. The molecule has 0 saturated heterocycles. The second-order valence-corrected chi connectivity index (χ2v) is 8.55. The molecule has 0 rings (SSSR count). The van der Waals surface area contributed by atoms with Gasteiger partial charge in [0.25, 0.3) is 0 Å². The van der Waals surface area contributed by atoms with E-state index in [2.05, 4.69) is 6.58 Å². The van der Waals surface area contributed by atoms with Crippen LogP contribution in [0.25, 0.3) is 0 Å². The summed E-state index contributed by atoms with van der Waals surface area (Å²) in [6.07, 6.45) is 5.67. The van der Waals surface area contributed by atoms with E-state index >= 15 is 0 Å². The van der Waals surface area contributed by atoms with Crippen molar-refractivity contribution >= 4 is 8.80 Å². The van der Waals surface area contributed by atoms with E-state index in [1.54, 1.807) is 5.70 Å².